The number of halogens is 2. The molecule has 168 valence electrons. The van der Waals surface area contributed by atoms with Crippen LogP contribution in [0.15, 0.2) is 40.1 Å². The number of nitriles is 1. The number of alkyl halides is 1. The molecule has 1 aliphatic rings. The molecule has 2 aromatic heterocycles. The first-order chi connectivity index (χ1) is 15.2. The van der Waals surface area contributed by atoms with E-state index in [-0.39, 0.29) is 31.9 Å². The van der Waals surface area contributed by atoms with Crippen molar-refractivity contribution in [3.8, 4) is 6.07 Å². The first kappa shape index (κ1) is 22.6. The van der Waals surface area contributed by atoms with Crippen LogP contribution >= 0.6 is 15.9 Å². The molecule has 0 saturated carbocycles. The van der Waals surface area contributed by atoms with E-state index >= 15 is 4.39 Å². The van der Waals surface area contributed by atoms with E-state index in [1.165, 1.54) is 16.7 Å². The van der Waals surface area contributed by atoms with Crippen LogP contribution in [0.3, 0.4) is 0 Å². The Hall–Kier alpha value is -2.63. The fourth-order valence-corrected chi connectivity index (χ4v) is 5.02. The predicted octanol–water partition coefficient (Wildman–Crippen LogP) is 1.96. The molecule has 1 aromatic carbocycles. The molecule has 4 atom stereocenters. The molecule has 4 rings (SSSR count). The second-order valence-electron chi connectivity index (χ2n) is 7.16. The smallest absolute Gasteiger partial charge is 0.297 e. The standard InChI is InChI=1S/C19H17BrFN5O5S/c1-9-2-4-10(5-3-9)32(28,29)30-7-12-15(27)14(21)19(31-12)26-16(20)11(6-22)13-17(23)24-8-25-18(13)26/h2-5,8,12,14-15,19,27H,7H2,1H3,(H2,23,24,25)/t12-,14+,15-,19-/m1/s1. The molecule has 0 amide bonds. The SMILES string of the molecule is Cc1ccc(S(=O)(=O)OC[C@H]2O[C@@H](n3c(Br)c(C#N)c4c(N)ncnc43)[C@@H](F)[C@@H]2O)cc1. The van der Waals surface area contributed by atoms with Crippen molar-refractivity contribution >= 4 is 42.9 Å². The van der Waals surface area contributed by atoms with Crippen LogP contribution in [0, 0.1) is 18.3 Å². The Morgan fingerprint density at radius 2 is 2.06 bits per heavy atom. The molecule has 0 unspecified atom stereocenters. The van der Waals surface area contributed by atoms with Crippen molar-refractivity contribution in [1.29, 1.82) is 5.26 Å². The molecule has 1 aliphatic heterocycles. The van der Waals surface area contributed by atoms with Crippen LogP contribution in [0.1, 0.15) is 17.4 Å². The highest BCUT2D eigenvalue weighted by atomic mass is 79.9. The quantitative estimate of drug-likeness (QED) is 0.475. The van der Waals surface area contributed by atoms with E-state index in [0.29, 0.717) is 0 Å². The average molecular weight is 526 g/mol. The number of aliphatic hydroxyl groups is 1. The van der Waals surface area contributed by atoms with Crippen LogP contribution in [0.2, 0.25) is 0 Å². The molecule has 1 saturated heterocycles. The van der Waals surface area contributed by atoms with Gasteiger partial charge in [-0.05, 0) is 35.0 Å². The number of nitrogens with zero attached hydrogens (tertiary/aromatic N) is 4. The number of nitrogen functional groups attached to an aromatic ring is 1. The summed E-state index contributed by atoms with van der Waals surface area (Å²) in [6, 6.07) is 7.94. The average Bonchev–Trinajstić information content (AvgIpc) is 3.20. The van der Waals surface area contributed by atoms with E-state index in [0.717, 1.165) is 11.9 Å². The van der Waals surface area contributed by atoms with Gasteiger partial charge in [-0.15, -0.1) is 0 Å². The lowest BCUT2D eigenvalue weighted by Gasteiger charge is -2.17. The van der Waals surface area contributed by atoms with Gasteiger partial charge in [0.05, 0.1) is 22.5 Å². The molecule has 1 fully saturated rings. The largest absolute Gasteiger partial charge is 0.387 e. The Morgan fingerprint density at radius 1 is 1.38 bits per heavy atom. The fourth-order valence-electron chi connectivity index (χ4n) is 3.44. The lowest BCUT2D eigenvalue weighted by Crippen LogP contribution is -2.32. The van der Waals surface area contributed by atoms with Gasteiger partial charge in [0.1, 0.15) is 40.7 Å². The number of benzene rings is 1. The first-order valence-electron chi connectivity index (χ1n) is 9.29. The fraction of sp³-hybridized carbons (Fsp3) is 0.316. The minimum absolute atomic E-state index is 0.0176. The van der Waals surface area contributed by atoms with Crippen LogP contribution in [0.4, 0.5) is 10.2 Å². The Bertz CT molecular complexity index is 1320. The van der Waals surface area contributed by atoms with E-state index < -0.39 is 41.3 Å². The number of fused-ring (bicyclic) bond motifs is 1. The van der Waals surface area contributed by atoms with Crippen LogP contribution in [-0.4, -0.2) is 53.0 Å². The summed E-state index contributed by atoms with van der Waals surface area (Å²) < 4.78 is 51.9. The zero-order valence-electron chi connectivity index (χ0n) is 16.5. The minimum Gasteiger partial charge on any atom is -0.387 e. The van der Waals surface area contributed by atoms with Crippen molar-refractivity contribution < 1.29 is 26.8 Å². The molecule has 0 radical (unpaired) electrons. The van der Waals surface area contributed by atoms with E-state index in [9.17, 15) is 18.8 Å². The van der Waals surface area contributed by atoms with Gasteiger partial charge >= 0.3 is 0 Å². The summed E-state index contributed by atoms with van der Waals surface area (Å²) in [5, 5.41) is 20.0. The second kappa shape index (κ2) is 8.38. The van der Waals surface area contributed by atoms with Gasteiger partial charge in [0.2, 0.25) is 0 Å². The van der Waals surface area contributed by atoms with Gasteiger partial charge in [0.25, 0.3) is 10.1 Å². The maximum atomic E-state index is 15.0. The number of aliphatic hydroxyl groups excluding tert-OH is 1. The van der Waals surface area contributed by atoms with Gasteiger partial charge in [-0.1, -0.05) is 17.7 Å². The van der Waals surface area contributed by atoms with E-state index in [4.69, 9.17) is 14.7 Å². The van der Waals surface area contributed by atoms with Gasteiger partial charge in [-0.3, -0.25) is 8.75 Å². The molecule has 3 N–H and O–H groups in total. The molecule has 0 bridgehead atoms. The van der Waals surface area contributed by atoms with Crippen molar-refractivity contribution in [2.24, 2.45) is 0 Å². The third-order valence-electron chi connectivity index (χ3n) is 5.11. The van der Waals surface area contributed by atoms with E-state index in [2.05, 4.69) is 25.9 Å². The van der Waals surface area contributed by atoms with Gasteiger partial charge in [-0.2, -0.15) is 13.7 Å². The lowest BCUT2D eigenvalue weighted by atomic mass is 10.1. The van der Waals surface area contributed by atoms with Crippen molar-refractivity contribution in [3.63, 3.8) is 0 Å². The maximum absolute atomic E-state index is 15.0. The van der Waals surface area contributed by atoms with Crippen LogP contribution in [-0.2, 0) is 19.0 Å². The Morgan fingerprint density at radius 3 is 2.72 bits per heavy atom. The molecule has 3 aromatic rings. The first-order valence-corrected chi connectivity index (χ1v) is 11.5. The van der Waals surface area contributed by atoms with Gasteiger partial charge in [-0.25, -0.2) is 14.4 Å². The van der Waals surface area contributed by atoms with Crippen LogP contribution in [0.5, 0.6) is 0 Å². The molecule has 0 spiro atoms. The summed E-state index contributed by atoms with van der Waals surface area (Å²) in [4.78, 5) is 7.84. The number of nitrogens with two attached hydrogens (primary N) is 1. The third-order valence-corrected chi connectivity index (χ3v) is 7.18. The molecular formula is C19H17BrFN5O5S. The normalized spacial score (nSPS) is 23.5. The highest BCUT2D eigenvalue weighted by molar-refractivity contribution is 9.10. The lowest BCUT2D eigenvalue weighted by molar-refractivity contribution is -0.0409. The summed E-state index contributed by atoms with van der Waals surface area (Å²) in [6.45, 7) is 1.19. The Kier molecular flexibility index (Phi) is 5.91. The topological polar surface area (TPSA) is 153 Å². The van der Waals surface area contributed by atoms with Crippen molar-refractivity contribution in [3.05, 3.63) is 46.3 Å². The monoisotopic (exact) mass is 525 g/mol. The van der Waals surface area contributed by atoms with Crippen LogP contribution < -0.4 is 5.73 Å². The molecule has 13 heteroatoms. The summed E-state index contributed by atoms with van der Waals surface area (Å²) in [5.74, 6) is 0.0176. The number of anilines is 1. The van der Waals surface area contributed by atoms with Gasteiger partial charge in [0.15, 0.2) is 12.4 Å². The summed E-state index contributed by atoms with van der Waals surface area (Å²) in [6.07, 6.45) is -5.24. The zero-order chi connectivity index (χ0) is 23.2. The van der Waals surface area contributed by atoms with Crippen LogP contribution in [0.25, 0.3) is 11.0 Å². The summed E-state index contributed by atoms with van der Waals surface area (Å²) >= 11 is 3.24. The number of rotatable bonds is 5. The highest BCUT2D eigenvalue weighted by Gasteiger charge is 2.47. The number of aryl methyl sites for hydroxylation is 1. The summed E-state index contributed by atoms with van der Waals surface area (Å²) in [5.41, 5.74) is 6.92. The van der Waals surface area contributed by atoms with E-state index in [1.54, 1.807) is 19.1 Å². The van der Waals surface area contributed by atoms with E-state index in [1.807, 2.05) is 6.07 Å². The number of hydrogen-bond acceptors (Lipinski definition) is 9. The van der Waals surface area contributed by atoms with Crippen molar-refractivity contribution in [2.45, 2.75) is 36.4 Å². The molecule has 0 aliphatic carbocycles. The van der Waals surface area contributed by atoms with Crippen molar-refractivity contribution in [1.82, 2.24) is 14.5 Å². The minimum atomic E-state index is -4.15. The summed E-state index contributed by atoms with van der Waals surface area (Å²) in [7, 11) is -4.15. The number of aromatic nitrogens is 3. The van der Waals surface area contributed by atoms with Crippen molar-refractivity contribution in [2.75, 3.05) is 12.3 Å². The molecular weight excluding hydrogens is 509 g/mol. The second-order valence-corrected chi connectivity index (χ2v) is 9.52. The van der Waals surface area contributed by atoms with Gasteiger partial charge in [0, 0.05) is 0 Å². The third kappa shape index (κ3) is 3.74. The zero-order valence-corrected chi connectivity index (χ0v) is 18.9. The molecule has 10 nitrogen and oxygen atoms in total. The maximum Gasteiger partial charge on any atom is 0.297 e. The van der Waals surface area contributed by atoms with Gasteiger partial charge < -0.3 is 15.6 Å². The molecule has 3 heterocycles. The highest BCUT2D eigenvalue weighted by Crippen LogP contribution is 2.40. The Balaban J connectivity index is 1.61. The number of ether oxygens (including phenoxy) is 1. The number of hydrogen-bond donors (Lipinski definition) is 2. The predicted molar refractivity (Wildman–Crippen MR) is 113 cm³/mol. The Labute approximate surface area is 190 Å². The molecule has 32 heavy (non-hydrogen) atoms.